The number of nitrogens with zero attached hydrogens (tertiary/aromatic N) is 4. The number of aromatic nitrogens is 2. The molecule has 1 aromatic carbocycles. The van der Waals surface area contributed by atoms with Gasteiger partial charge in [-0.1, -0.05) is 32.0 Å². The highest BCUT2D eigenvalue weighted by Crippen LogP contribution is 2.18. The summed E-state index contributed by atoms with van der Waals surface area (Å²) in [7, 11) is 1.84. The zero-order chi connectivity index (χ0) is 21.5. The summed E-state index contributed by atoms with van der Waals surface area (Å²) in [5.74, 6) is 2.27. The standard InChI is InChI=1S/C24H38N6.HI/c1-18(2)16-29-12-8-9-21(17-29)14-26-24(25-5)27-15-22-10-6-7-11-23(22)30-20(4)13-19(3)28-30;/h6-7,10-11,13,18,21H,8-9,12,14-17H2,1-5H3,(H2,25,26,27);1H. The molecule has 172 valence electrons. The summed E-state index contributed by atoms with van der Waals surface area (Å²) in [6.07, 6.45) is 2.58. The third-order valence-corrected chi connectivity index (χ3v) is 5.68. The van der Waals surface area contributed by atoms with E-state index in [-0.39, 0.29) is 24.0 Å². The molecule has 0 aliphatic carbocycles. The van der Waals surface area contributed by atoms with Crippen LogP contribution in [0.5, 0.6) is 0 Å². The van der Waals surface area contributed by atoms with Crippen molar-refractivity contribution in [2.24, 2.45) is 16.8 Å². The Morgan fingerprint density at radius 3 is 2.68 bits per heavy atom. The van der Waals surface area contributed by atoms with Crippen molar-refractivity contribution in [3.05, 3.63) is 47.3 Å². The number of nitrogens with one attached hydrogen (secondary N) is 2. The van der Waals surface area contributed by atoms with Gasteiger partial charge in [0.1, 0.15) is 0 Å². The van der Waals surface area contributed by atoms with Crippen molar-refractivity contribution in [2.75, 3.05) is 33.2 Å². The van der Waals surface area contributed by atoms with Gasteiger partial charge in [-0.25, -0.2) is 4.68 Å². The predicted octanol–water partition coefficient (Wildman–Crippen LogP) is 4.14. The molecule has 2 aromatic rings. The van der Waals surface area contributed by atoms with Crippen molar-refractivity contribution in [1.82, 2.24) is 25.3 Å². The monoisotopic (exact) mass is 538 g/mol. The maximum absolute atomic E-state index is 4.65. The Morgan fingerprint density at radius 1 is 1.23 bits per heavy atom. The van der Waals surface area contributed by atoms with Crippen LogP contribution in [-0.4, -0.2) is 53.9 Å². The second-order valence-corrected chi connectivity index (χ2v) is 8.94. The molecule has 2 N–H and O–H groups in total. The minimum absolute atomic E-state index is 0. The number of rotatable bonds is 7. The molecule has 0 bridgehead atoms. The van der Waals surface area contributed by atoms with E-state index in [2.05, 4.69) is 76.7 Å². The number of hydrogen-bond acceptors (Lipinski definition) is 3. The van der Waals surface area contributed by atoms with Gasteiger partial charge in [0.2, 0.25) is 0 Å². The van der Waals surface area contributed by atoms with Crippen LogP contribution in [0.2, 0.25) is 0 Å². The molecule has 0 amide bonds. The molecule has 3 rings (SSSR count). The topological polar surface area (TPSA) is 57.5 Å². The van der Waals surface area contributed by atoms with E-state index in [0.717, 1.165) is 35.5 Å². The van der Waals surface area contributed by atoms with Crippen LogP contribution in [0, 0.1) is 25.7 Å². The number of guanidine groups is 1. The van der Waals surface area contributed by atoms with Gasteiger partial charge in [-0.15, -0.1) is 24.0 Å². The number of benzene rings is 1. The molecule has 1 aliphatic heterocycles. The fourth-order valence-corrected chi connectivity index (χ4v) is 4.38. The third-order valence-electron chi connectivity index (χ3n) is 5.68. The first-order valence-corrected chi connectivity index (χ1v) is 11.2. The number of aliphatic imine (C=N–C) groups is 1. The van der Waals surface area contributed by atoms with Crippen molar-refractivity contribution in [3.8, 4) is 5.69 Å². The molecule has 0 radical (unpaired) electrons. The van der Waals surface area contributed by atoms with E-state index in [0.29, 0.717) is 12.5 Å². The molecule has 7 heteroatoms. The van der Waals surface area contributed by atoms with Gasteiger partial charge in [0.25, 0.3) is 0 Å². The molecule has 0 spiro atoms. The Morgan fingerprint density at radius 2 is 2.00 bits per heavy atom. The highest BCUT2D eigenvalue weighted by atomic mass is 127. The molecule has 1 aromatic heterocycles. The minimum Gasteiger partial charge on any atom is -0.356 e. The molecular formula is C24H39IN6. The Labute approximate surface area is 204 Å². The molecule has 2 heterocycles. The Hall–Kier alpha value is -1.61. The fraction of sp³-hybridized carbons (Fsp3) is 0.583. The molecule has 1 atom stereocenters. The van der Waals surface area contributed by atoms with E-state index < -0.39 is 0 Å². The zero-order valence-electron chi connectivity index (χ0n) is 19.7. The molecule has 31 heavy (non-hydrogen) atoms. The first-order valence-electron chi connectivity index (χ1n) is 11.2. The molecule has 0 saturated carbocycles. The van der Waals surface area contributed by atoms with Gasteiger partial charge in [0.15, 0.2) is 5.96 Å². The second-order valence-electron chi connectivity index (χ2n) is 8.94. The number of aryl methyl sites for hydroxylation is 2. The number of piperidine rings is 1. The molecule has 6 nitrogen and oxygen atoms in total. The van der Waals surface area contributed by atoms with Gasteiger partial charge in [-0.3, -0.25) is 4.99 Å². The highest BCUT2D eigenvalue weighted by molar-refractivity contribution is 14.0. The van der Waals surface area contributed by atoms with Crippen LogP contribution in [0.25, 0.3) is 5.69 Å². The Bertz CT molecular complexity index is 844. The number of halogens is 1. The van der Waals surface area contributed by atoms with Crippen molar-refractivity contribution in [1.29, 1.82) is 0 Å². The quantitative estimate of drug-likeness (QED) is 0.316. The van der Waals surface area contributed by atoms with Gasteiger partial charge in [-0.05, 0) is 62.8 Å². The zero-order valence-corrected chi connectivity index (χ0v) is 22.0. The van der Waals surface area contributed by atoms with E-state index >= 15 is 0 Å². The van der Waals surface area contributed by atoms with Crippen molar-refractivity contribution < 1.29 is 0 Å². The molecule has 1 aliphatic rings. The number of hydrogen-bond donors (Lipinski definition) is 2. The lowest BCUT2D eigenvalue weighted by Gasteiger charge is -2.34. The van der Waals surface area contributed by atoms with Gasteiger partial charge in [-0.2, -0.15) is 5.10 Å². The van der Waals surface area contributed by atoms with E-state index in [1.807, 2.05) is 18.7 Å². The van der Waals surface area contributed by atoms with Crippen LogP contribution in [0.1, 0.15) is 43.6 Å². The number of para-hydroxylation sites is 1. The maximum Gasteiger partial charge on any atom is 0.191 e. The van der Waals surface area contributed by atoms with Crippen molar-refractivity contribution >= 4 is 29.9 Å². The first-order chi connectivity index (χ1) is 14.5. The molecule has 1 unspecified atom stereocenters. The van der Waals surface area contributed by atoms with Crippen LogP contribution in [0.3, 0.4) is 0 Å². The summed E-state index contributed by atoms with van der Waals surface area (Å²) in [5.41, 5.74) is 4.49. The maximum atomic E-state index is 4.65. The molecule has 1 fully saturated rings. The average Bonchev–Trinajstić information content (AvgIpc) is 3.06. The summed E-state index contributed by atoms with van der Waals surface area (Å²) < 4.78 is 2.02. The Kier molecular flexibility index (Phi) is 10.3. The lowest BCUT2D eigenvalue weighted by atomic mass is 9.97. The van der Waals surface area contributed by atoms with Crippen LogP contribution in [0.15, 0.2) is 35.3 Å². The smallest absolute Gasteiger partial charge is 0.191 e. The Balaban J connectivity index is 0.00000341. The van der Waals surface area contributed by atoms with Gasteiger partial charge >= 0.3 is 0 Å². The average molecular weight is 539 g/mol. The molecule has 1 saturated heterocycles. The lowest BCUT2D eigenvalue weighted by molar-refractivity contribution is 0.159. The normalized spacial score (nSPS) is 17.5. The summed E-state index contributed by atoms with van der Waals surface area (Å²) in [6, 6.07) is 10.5. The fourth-order valence-electron chi connectivity index (χ4n) is 4.38. The first kappa shape index (κ1) is 25.6. The second kappa shape index (κ2) is 12.4. The van der Waals surface area contributed by atoms with Crippen molar-refractivity contribution in [3.63, 3.8) is 0 Å². The van der Waals surface area contributed by atoms with Crippen LogP contribution in [-0.2, 0) is 6.54 Å². The largest absolute Gasteiger partial charge is 0.356 e. The number of likely N-dealkylation sites (tertiary alicyclic amines) is 1. The van der Waals surface area contributed by atoms with Crippen LogP contribution >= 0.6 is 24.0 Å². The minimum atomic E-state index is 0. The van der Waals surface area contributed by atoms with Gasteiger partial charge < -0.3 is 15.5 Å². The van der Waals surface area contributed by atoms with Gasteiger partial charge in [0.05, 0.1) is 11.4 Å². The van der Waals surface area contributed by atoms with Crippen molar-refractivity contribution in [2.45, 2.75) is 47.1 Å². The van der Waals surface area contributed by atoms with E-state index in [1.54, 1.807) is 0 Å². The predicted molar refractivity (Wildman–Crippen MR) is 141 cm³/mol. The summed E-state index contributed by atoms with van der Waals surface area (Å²) in [4.78, 5) is 7.05. The lowest BCUT2D eigenvalue weighted by Crippen LogP contribution is -2.45. The van der Waals surface area contributed by atoms with E-state index in [1.165, 1.54) is 38.0 Å². The van der Waals surface area contributed by atoms with Gasteiger partial charge in [0, 0.05) is 38.9 Å². The summed E-state index contributed by atoms with van der Waals surface area (Å²) in [6.45, 7) is 14.0. The molecular weight excluding hydrogens is 499 g/mol. The SMILES string of the molecule is CN=C(NCc1ccccc1-n1nc(C)cc1C)NCC1CCCN(CC(C)C)C1.I. The van der Waals surface area contributed by atoms with Crippen LogP contribution < -0.4 is 10.6 Å². The summed E-state index contributed by atoms with van der Waals surface area (Å²) in [5, 5.41) is 11.7. The van der Waals surface area contributed by atoms with Crippen LogP contribution in [0.4, 0.5) is 0 Å². The van der Waals surface area contributed by atoms with E-state index in [9.17, 15) is 0 Å². The third kappa shape index (κ3) is 7.49. The summed E-state index contributed by atoms with van der Waals surface area (Å²) >= 11 is 0. The highest BCUT2D eigenvalue weighted by Gasteiger charge is 2.20. The van der Waals surface area contributed by atoms with E-state index in [4.69, 9.17) is 0 Å².